The second-order valence-corrected chi connectivity index (χ2v) is 7.14. The van der Waals surface area contributed by atoms with Gasteiger partial charge in [0, 0.05) is 18.8 Å². The topological polar surface area (TPSA) is 95.9 Å². The largest absolute Gasteiger partial charge is 0.478 e. The molecular formula is C18H24N2O5. The van der Waals surface area contributed by atoms with Gasteiger partial charge in [0.15, 0.2) is 0 Å². The molecule has 25 heavy (non-hydrogen) atoms. The van der Waals surface area contributed by atoms with E-state index in [1.54, 1.807) is 37.8 Å². The molecule has 7 heteroatoms. The van der Waals surface area contributed by atoms with Crippen LogP contribution in [0.3, 0.4) is 0 Å². The predicted molar refractivity (Wildman–Crippen MR) is 92.6 cm³/mol. The summed E-state index contributed by atoms with van der Waals surface area (Å²) in [5.41, 5.74) is 0.120. The highest BCUT2D eigenvalue weighted by atomic mass is 16.6. The maximum absolute atomic E-state index is 12.4. The highest BCUT2D eigenvalue weighted by molar-refractivity contribution is 5.94. The maximum Gasteiger partial charge on any atom is 0.410 e. The van der Waals surface area contributed by atoms with Crippen molar-refractivity contribution in [3.63, 3.8) is 0 Å². The summed E-state index contributed by atoms with van der Waals surface area (Å²) in [5, 5.41) is 11.7. The predicted octanol–water partition coefficient (Wildman–Crippen LogP) is 2.97. The summed E-state index contributed by atoms with van der Waals surface area (Å²) in [5.74, 6) is -1.52. The molecule has 1 unspecified atom stereocenters. The Morgan fingerprint density at radius 1 is 1.20 bits per heavy atom. The minimum absolute atomic E-state index is 0.159. The molecule has 2 N–H and O–H groups in total. The number of anilines is 1. The lowest BCUT2D eigenvalue weighted by Crippen LogP contribution is -2.45. The van der Waals surface area contributed by atoms with Gasteiger partial charge in [0.2, 0.25) is 5.91 Å². The zero-order chi connectivity index (χ0) is 18.6. The number of likely N-dealkylation sites (tertiary alicyclic amines) is 1. The Hall–Kier alpha value is -2.57. The van der Waals surface area contributed by atoms with Gasteiger partial charge < -0.3 is 20.1 Å². The molecule has 2 rings (SSSR count). The lowest BCUT2D eigenvalue weighted by molar-refractivity contribution is -0.121. The lowest BCUT2D eigenvalue weighted by Gasteiger charge is -2.33. The molecule has 0 aromatic heterocycles. The number of nitrogens with zero attached hydrogens (tertiary/aromatic N) is 1. The van der Waals surface area contributed by atoms with Crippen molar-refractivity contribution >= 4 is 23.7 Å². The first-order valence-electron chi connectivity index (χ1n) is 8.28. The minimum atomic E-state index is -1.02. The van der Waals surface area contributed by atoms with E-state index in [1.165, 1.54) is 12.1 Å². The number of hydrogen-bond acceptors (Lipinski definition) is 4. The molecule has 0 aliphatic carbocycles. The molecule has 0 radical (unpaired) electrons. The number of nitrogens with one attached hydrogen (secondary N) is 1. The Morgan fingerprint density at radius 3 is 2.40 bits per heavy atom. The number of carbonyl (C=O) groups is 3. The fraction of sp³-hybridized carbons (Fsp3) is 0.500. The number of hydrogen-bond donors (Lipinski definition) is 2. The molecule has 0 saturated carbocycles. The van der Waals surface area contributed by atoms with Gasteiger partial charge in [0.05, 0.1) is 11.5 Å². The average molecular weight is 348 g/mol. The Morgan fingerprint density at radius 2 is 1.84 bits per heavy atom. The highest BCUT2D eigenvalue weighted by Crippen LogP contribution is 2.21. The van der Waals surface area contributed by atoms with Gasteiger partial charge in [-0.3, -0.25) is 4.79 Å². The van der Waals surface area contributed by atoms with Crippen molar-refractivity contribution in [1.82, 2.24) is 4.90 Å². The van der Waals surface area contributed by atoms with Crippen LogP contribution >= 0.6 is 0 Å². The van der Waals surface area contributed by atoms with Gasteiger partial charge in [-0.05, 0) is 57.9 Å². The number of ether oxygens (including phenoxy) is 1. The molecule has 1 atom stereocenters. The van der Waals surface area contributed by atoms with Crippen LogP contribution in [-0.4, -0.2) is 46.7 Å². The molecule has 1 aromatic rings. The number of rotatable bonds is 3. The van der Waals surface area contributed by atoms with E-state index in [4.69, 9.17) is 9.84 Å². The molecule has 2 amide bonds. The van der Waals surface area contributed by atoms with Gasteiger partial charge in [-0.1, -0.05) is 0 Å². The fourth-order valence-corrected chi connectivity index (χ4v) is 2.62. The fourth-order valence-electron chi connectivity index (χ4n) is 2.62. The highest BCUT2D eigenvalue weighted by Gasteiger charge is 2.31. The van der Waals surface area contributed by atoms with Crippen LogP contribution in [-0.2, 0) is 9.53 Å². The van der Waals surface area contributed by atoms with Gasteiger partial charge in [-0.25, -0.2) is 9.59 Å². The second kappa shape index (κ2) is 7.55. The molecule has 1 fully saturated rings. The van der Waals surface area contributed by atoms with Crippen molar-refractivity contribution in [1.29, 1.82) is 0 Å². The number of carboxylic acid groups (broad SMARTS) is 1. The normalized spacial score (nSPS) is 17.7. The third-order valence-electron chi connectivity index (χ3n) is 3.84. The monoisotopic (exact) mass is 348 g/mol. The van der Waals surface area contributed by atoms with E-state index in [2.05, 4.69) is 5.32 Å². The number of aromatic carboxylic acids is 1. The first kappa shape index (κ1) is 18.8. The van der Waals surface area contributed by atoms with E-state index in [1.807, 2.05) is 0 Å². The van der Waals surface area contributed by atoms with Crippen molar-refractivity contribution in [3.05, 3.63) is 29.8 Å². The van der Waals surface area contributed by atoms with Gasteiger partial charge in [0.25, 0.3) is 0 Å². The van der Waals surface area contributed by atoms with E-state index >= 15 is 0 Å². The van der Waals surface area contributed by atoms with Crippen molar-refractivity contribution in [2.75, 3.05) is 18.4 Å². The third-order valence-corrected chi connectivity index (χ3v) is 3.84. The minimum Gasteiger partial charge on any atom is -0.478 e. The van der Waals surface area contributed by atoms with Crippen LogP contribution in [0.1, 0.15) is 44.0 Å². The maximum atomic E-state index is 12.4. The van der Waals surface area contributed by atoms with E-state index in [0.717, 1.165) is 6.42 Å². The van der Waals surface area contributed by atoms with Crippen LogP contribution < -0.4 is 5.32 Å². The van der Waals surface area contributed by atoms with E-state index in [-0.39, 0.29) is 17.4 Å². The zero-order valence-electron chi connectivity index (χ0n) is 14.7. The van der Waals surface area contributed by atoms with Crippen molar-refractivity contribution in [3.8, 4) is 0 Å². The van der Waals surface area contributed by atoms with Crippen LogP contribution in [0.4, 0.5) is 10.5 Å². The SMILES string of the molecule is CC(C)(C)OC(=O)N1CCCC(C(=O)Nc2ccc(C(=O)O)cc2)C1. The summed E-state index contributed by atoms with van der Waals surface area (Å²) >= 11 is 0. The Balaban J connectivity index is 1.95. The van der Waals surface area contributed by atoms with Crippen LogP contribution in [0.5, 0.6) is 0 Å². The molecule has 0 spiro atoms. The standard InChI is InChI=1S/C18H24N2O5/c1-18(2,3)25-17(24)20-10-4-5-13(11-20)15(21)19-14-8-6-12(7-9-14)16(22)23/h6-9,13H,4-5,10-11H2,1-3H3,(H,19,21)(H,22,23). The van der Waals surface area contributed by atoms with Crippen molar-refractivity contribution in [2.24, 2.45) is 5.92 Å². The molecule has 7 nitrogen and oxygen atoms in total. The summed E-state index contributed by atoms with van der Waals surface area (Å²) < 4.78 is 5.36. The Bertz CT molecular complexity index is 648. The van der Waals surface area contributed by atoms with E-state index in [0.29, 0.717) is 25.2 Å². The van der Waals surface area contributed by atoms with Crippen LogP contribution in [0.2, 0.25) is 0 Å². The quantitative estimate of drug-likeness (QED) is 0.875. The summed E-state index contributed by atoms with van der Waals surface area (Å²) in [6, 6.07) is 5.98. The molecule has 136 valence electrons. The number of carbonyl (C=O) groups excluding carboxylic acids is 2. The molecule has 0 bridgehead atoms. The van der Waals surface area contributed by atoms with Gasteiger partial charge in [-0.2, -0.15) is 0 Å². The summed E-state index contributed by atoms with van der Waals surface area (Å²) in [4.78, 5) is 37.0. The molecule has 1 aromatic carbocycles. The van der Waals surface area contributed by atoms with Crippen LogP contribution in [0, 0.1) is 5.92 Å². The van der Waals surface area contributed by atoms with Crippen molar-refractivity contribution in [2.45, 2.75) is 39.2 Å². The third kappa shape index (κ3) is 5.48. The summed E-state index contributed by atoms with van der Waals surface area (Å²) in [7, 11) is 0. The number of benzene rings is 1. The van der Waals surface area contributed by atoms with Gasteiger partial charge in [-0.15, -0.1) is 0 Å². The molecular weight excluding hydrogens is 324 g/mol. The van der Waals surface area contributed by atoms with E-state index < -0.39 is 17.7 Å². The number of piperidine rings is 1. The first-order chi connectivity index (χ1) is 11.7. The zero-order valence-corrected chi connectivity index (χ0v) is 14.7. The lowest BCUT2D eigenvalue weighted by atomic mass is 9.97. The Kier molecular flexibility index (Phi) is 5.66. The van der Waals surface area contributed by atoms with Crippen LogP contribution in [0.25, 0.3) is 0 Å². The van der Waals surface area contributed by atoms with E-state index in [9.17, 15) is 14.4 Å². The smallest absolute Gasteiger partial charge is 0.410 e. The molecule has 1 saturated heterocycles. The molecule has 1 aliphatic rings. The molecule has 1 aliphatic heterocycles. The summed E-state index contributed by atoms with van der Waals surface area (Å²) in [6.45, 7) is 6.30. The number of carboxylic acids is 1. The second-order valence-electron chi connectivity index (χ2n) is 7.14. The van der Waals surface area contributed by atoms with Crippen LogP contribution in [0.15, 0.2) is 24.3 Å². The van der Waals surface area contributed by atoms with Crippen molar-refractivity contribution < 1.29 is 24.2 Å². The number of amides is 2. The van der Waals surface area contributed by atoms with Gasteiger partial charge >= 0.3 is 12.1 Å². The van der Waals surface area contributed by atoms with Gasteiger partial charge in [0.1, 0.15) is 5.60 Å². The average Bonchev–Trinajstić information content (AvgIpc) is 2.54. The summed E-state index contributed by atoms with van der Waals surface area (Å²) in [6.07, 6.45) is 1.02. The first-order valence-corrected chi connectivity index (χ1v) is 8.28. The molecule has 1 heterocycles. The Labute approximate surface area is 147 Å².